The number of likely N-dealkylation sites (tertiary alicyclic amines) is 1. The molecule has 7 heteroatoms. The van der Waals surface area contributed by atoms with E-state index in [0.29, 0.717) is 37.0 Å². The molecule has 1 amide bonds. The lowest BCUT2D eigenvalue weighted by Crippen LogP contribution is -2.40. The van der Waals surface area contributed by atoms with Crippen molar-refractivity contribution in [2.24, 2.45) is 5.92 Å². The molecule has 21 heavy (non-hydrogen) atoms. The average molecular weight is 288 g/mol. The van der Waals surface area contributed by atoms with Crippen LogP contribution in [-0.4, -0.2) is 51.6 Å². The lowest BCUT2D eigenvalue weighted by atomic mass is 9.96. The number of ether oxygens (including phenoxy) is 1. The summed E-state index contributed by atoms with van der Waals surface area (Å²) >= 11 is 0. The maximum absolute atomic E-state index is 12.5. The van der Waals surface area contributed by atoms with Crippen molar-refractivity contribution in [3.05, 3.63) is 30.4 Å². The van der Waals surface area contributed by atoms with Crippen molar-refractivity contribution in [2.45, 2.75) is 12.8 Å². The minimum Gasteiger partial charge on any atom is -0.469 e. The fraction of sp³-hybridized carbons (Fsp3) is 0.429. The Balaban J connectivity index is 1.74. The van der Waals surface area contributed by atoms with E-state index in [1.54, 1.807) is 34.2 Å². The molecule has 0 aliphatic carbocycles. The molecule has 2 aromatic rings. The summed E-state index contributed by atoms with van der Waals surface area (Å²) < 4.78 is 6.38. The number of rotatable bonds is 2. The Morgan fingerprint density at radius 2 is 2.05 bits per heavy atom. The zero-order chi connectivity index (χ0) is 14.8. The first-order valence-electron chi connectivity index (χ1n) is 6.85. The molecule has 7 nitrogen and oxygen atoms in total. The molecule has 1 aliphatic heterocycles. The Morgan fingerprint density at radius 3 is 2.76 bits per heavy atom. The van der Waals surface area contributed by atoms with Crippen LogP contribution in [0.4, 0.5) is 0 Å². The van der Waals surface area contributed by atoms with Crippen molar-refractivity contribution < 1.29 is 14.3 Å². The van der Waals surface area contributed by atoms with E-state index in [9.17, 15) is 9.59 Å². The third-order valence-corrected chi connectivity index (χ3v) is 3.87. The lowest BCUT2D eigenvalue weighted by Gasteiger charge is -2.30. The number of esters is 1. The Labute approximate surface area is 121 Å². The second-order valence-electron chi connectivity index (χ2n) is 5.05. The SMILES string of the molecule is COC(=O)C1CCN(C(=O)c2cnn3ccncc23)CC1. The molecule has 0 aromatic carbocycles. The minimum absolute atomic E-state index is 0.0682. The van der Waals surface area contributed by atoms with Gasteiger partial charge in [-0.15, -0.1) is 0 Å². The predicted octanol–water partition coefficient (Wildman–Crippen LogP) is 0.754. The summed E-state index contributed by atoms with van der Waals surface area (Å²) in [5.74, 6) is -0.367. The fourth-order valence-corrected chi connectivity index (χ4v) is 2.65. The van der Waals surface area contributed by atoms with Gasteiger partial charge in [0, 0.05) is 25.5 Å². The zero-order valence-electron chi connectivity index (χ0n) is 11.7. The maximum Gasteiger partial charge on any atom is 0.308 e. The summed E-state index contributed by atoms with van der Waals surface area (Å²) in [5.41, 5.74) is 1.23. The number of hydrogen-bond acceptors (Lipinski definition) is 5. The lowest BCUT2D eigenvalue weighted by molar-refractivity contribution is -0.146. The molecule has 2 aromatic heterocycles. The summed E-state index contributed by atoms with van der Waals surface area (Å²) in [4.78, 5) is 29.8. The van der Waals surface area contributed by atoms with Crippen LogP contribution in [0, 0.1) is 5.92 Å². The van der Waals surface area contributed by atoms with E-state index < -0.39 is 0 Å². The van der Waals surface area contributed by atoms with Gasteiger partial charge in [0.1, 0.15) is 0 Å². The third-order valence-electron chi connectivity index (χ3n) is 3.87. The van der Waals surface area contributed by atoms with Crippen LogP contribution in [0.1, 0.15) is 23.2 Å². The zero-order valence-corrected chi connectivity index (χ0v) is 11.7. The molecular weight excluding hydrogens is 272 g/mol. The number of nitrogens with zero attached hydrogens (tertiary/aromatic N) is 4. The number of fused-ring (bicyclic) bond motifs is 1. The van der Waals surface area contributed by atoms with E-state index in [2.05, 4.69) is 10.1 Å². The van der Waals surface area contributed by atoms with Crippen LogP contribution >= 0.6 is 0 Å². The van der Waals surface area contributed by atoms with Crippen LogP contribution in [0.25, 0.3) is 5.52 Å². The van der Waals surface area contributed by atoms with Gasteiger partial charge in [-0.2, -0.15) is 5.10 Å². The molecule has 0 radical (unpaired) electrons. The molecule has 0 atom stereocenters. The Morgan fingerprint density at radius 1 is 1.29 bits per heavy atom. The first kappa shape index (κ1) is 13.5. The summed E-state index contributed by atoms with van der Waals surface area (Å²) in [6, 6.07) is 0. The number of methoxy groups -OCH3 is 1. The van der Waals surface area contributed by atoms with Crippen molar-refractivity contribution in [3.63, 3.8) is 0 Å². The first-order chi connectivity index (χ1) is 10.2. The highest BCUT2D eigenvalue weighted by Crippen LogP contribution is 2.21. The molecule has 3 rings (SSSR count). The summed E-state index contributed by atoms with van der Waals surface area (Å²) in [6.45, 7) is 1.10. The topological polar surface area (TPSA) is 76.8 Å². The number of carbonyl (C=O) groups is 2. The molecule has 0 spiro atoms. The van der Waals surface area contributed by atoms with Gasteiger partial charge in [-0.05, 0) is 12.8 Å². The van der Waals surface area contributed by atoms with Crippen molar-refractivity contribution in [2.75, 3.05) is 20.2 Å². The van der Waals surface area contributed by atoms with Gasteiger partial charge in [-0.25, -0.2) is 4.52 Å². The summed E-state index contributed by atoms with van der Waals surface area (Å²) in [5, 5.41) is 4.15. The van der Waals surface area contributed by atoms with Gasteiger partial charge in [-0.1, -0.05) is 0 Å². The van der Waals surface area contributed by atoms with Gasteiger partial charge in [0.05, 0.1) is 36.5 Å². The average Bonchev–Trinajstić information content (AvgIpc) is 2.97. The van der Waals surface area contributed by atoms with E-state index in [1.165, 1.54) is 7.11 Å². The van der Waals surface area contributed by atoms with Crippen molar-refractivity contribution in [1.82, 2.24) is 19.5 Å². The molecule has 0 N–H and O–H groups in total. The number of aromatic nitrogens is 3. The van der Waals surface area contributed by atoms with Gasteiger partial charge in [-0.3, -0.25) is 14.6 Å². The second-order valence-corrected chi connectivity index (χ2v) is 5.05. The van der Waals surface area contributed by atoms with E-state index in [0.717, 1.165) is 0 Å². The molecule has 1 saturated heterocycles. The summed E-state index contributed by atoms with van der Waals surface area (Å²) in [7, 11) is 1.39. The molecule has 110 valence electrons. The molecule has 3 heterocycles. The second kappa shape index (κ2) is 5.51. The standard InChI is InChI=1S/C14H16N4O3/c1-21-14(20)10-2-5-17(6-3-10)13(19)11-8-16-18-7-4-15-9-12(11)18/h4,7-10H,2-3,5-6H2,1H3. The normalized spacial score (nSPS) is 16.1. The molecule has 1 fully saturated rings. The van der Waals surface area contributed by atoms with Gasteiger partial charge in [0.2, 0.25) is 0 Å². The van der Waals surface area contributed by atoms with E-state index in [-0.39, 0.29) is 17.8 Å². The summed E-state index contributed by atoms with van der Waals surface area (Å²) in [6.07, 6.45) is 7.78. The number of hydrogen-bond donors (Lipinski definition) is 0. The van der Waals surface area contributed by atoms with Crippen LogP contribution in [0.5, 0.6) is 0 Å². The predicted molar refractivity (Wildman–Crippen MR) is 73.6 cm³/mol. The monoisotopic (exact) mass is 288 g/mol. The van der Waals surface area contributed by atoms with E-state index >= 15 is 0 Å². The number of carbonyl (C=O) groups excluding carboxylic acids is 2. The molecule has 0 saturated carbocycles. The Bertz CT molecular complexity index is 674. The van der Waals surface area contributed by atoms with Crippen LogP contribution in [0.2, 0.25) is 0 Å². The van der Waals surface area contributed by atoms with Crippen molar-refractivity contribution >= 4 is 17.4 Å². The highest BCUT2D eigenvalue weighted by molar-refractivity contribution is 6.00. The van der Waals surface area contributed by atoms with Gasteiger partial charge in [0.15, 0.2) is 0 Å². The number of piperidine rings is 1. The maximum atomic E-state index is 12.5. The largest absolute Gasteiger partial charge is 0.469 e. The van der Waals surface area contributed by atoms with Gasteiger partial charge < -0.3 is 9.64 Å². The van der Waals surface area contributed by atoms with E-state index in [4.69, 9.17) is 4.74 Å². The highest BCUT2D eigenvalue weighted by atomic mass is 16.5. The van der Waals surface area contributed by atoms with Crippen molar-refractivity contribution in [3.8, 4) is 0 Å². The van der Waals surface area contributed by atoms with E-state index in [1.807, 2.05) is 0 Å². The molecular formula is C14H16N4O3. The molecule has 0 unspecified atom stereocenters. The van der Waals surface area contributed by atoms with Gasteiger partial charge >= 0.3 is 5.97 Å². The fourth-order valence-electron chi connectivity index (χ4n) is 2.65. The smallest absolute Gasteiger partial charge is 0.308 e. The van der Waals surface area contributed by atoms with Gasteiger partial charge in [0.25, 0.3) is 5.91 Å². The minimum atomic E-state index is -0.192. The molecule has 1 aliphatic rings. The Hall–Kier alpha value is -2.44. The number of amides is 1. The highest BCUT2D eigenvalue weighted by Gasteiger charge is 2.29. The van der Waals surface area contributed by atoms with Crippen LogP contribution in [0.15, 0.2) is 24.8 Å². The van der Waals surface area contributed by atoms with Crippen LogP contribution in [-0.2, 0) is 9.53 Å². The third kappa shape index (κ3) is 2.46. The quantitative estimate of drug-likeness (QED) is 0.762. The van der Waals surface area contributed by atoms with Crippen LogP contribution < -0.4 is 0 Å². The van der Waals surface area contributed by atoms with Crippen LogP contribution in [0.3, 0.4) is 0 Å². The van der Waals surface area contributed by atoms with Crippen molar-refractivity contribution in [1.29, 1.82) is 0 Å². The Kier molecular flexibility index (Phi) is 3.55. The first-order valence-corrected chi connectivity index (χ1v) is 6.85. The molecule has 0 bridgehead atoms.